The van der Waals surface area contributed by atoms with Crippen LogP contribution in [0.4, 0.5) is 0 Å². The molecule has 0 amide bonds. The maximum Gasteiger partial charge on any atom is 0.106 e. The van der Waals surface area contributed by atoms with Crippen molar-refractivity contribution in [2.24, 2.45) is 13.0 Å². The van der Waals surface area contributed by atoms with E-state index in [1.165, 1.54) is 49.9 Å². The Labute approximate surface area is 115 Å². The van der Waals surface area contributed by atoms with E-state index in [0.29, 0.717) is 0 Å². The Morgan fingerprint density at radius 3 is 3.11 bits per heavy atom. The molecule has 19 heavy (non-hydrogen) atoms. The predicted molar refractivity (Wildman–Crippen MR) is 79.4 cm³/mol. The third kappa shape index (κ3) is 2.66. The first kappa shape index (κ1) is 12.7. The molecular weight excluding hydrogens is 234 g/mol. The third-order valence-electron chi connectivity index (χ3n) is 4.41. The first-order chi connectivity index (χ1) is 9.24. The maximum absolute atomic E-state index is 4.62. The van der Waals surface area contributed by atoms with E-state index in [4.69, 9.17) is 0 Å². The SMILES string of the molecule is Cc1nc2cc(CCC3CCCNC3)ccc2n1C. The summed E-state index contributed by atoms with van der Waals surface area (Å²) in [7, 11) is 2.08. The van der Waals surface area contributed by atoms with Crippen LogP contribution in [-0.2, 0) is 13.5 Å². The van der Waals surface area contributed by atoms with Crippen LogP contribution in [0.5, 0.6) is 0 Å². The third-order valence-corrected chi connectivity index (χ3v) is 4.41. The number of hydrogen-bond acceptors (Lipinski definition) is 2. The molecule has 0 bridgehead atoms. The van der Waals surface area contributed by atoms with Crippen LogP contribution in [0.2, 0.25) is 0 Å². The number of rotatable bonds is 3. The molecule has 102 valence electrons. The Morgan fingerprint density at radius 1 is 1.42 bits per heavy atom. The van der Waals surface area contributed by atoms with E-state index in [2.05, 4.69) is 47.0 Å². The molecule has 1 saturated heterocycles. The number of benzene rings is 1. The summed E-state index contributed by atoms with van der Waals surface area (Å²) in [6.07, 6.45) is 5.20. The van der Waals surface area contributed by atoms with E-state index in [0.717, 1.165) is 17.3 Å². The van der Waals surface area contributed by atoms with Gasteiger partial charge < -0.3 is 9.88 Å². The van der Waals surface area contributed by atoms with Crippen molar-refractivity contribution >= 4 is 11.0 Å². The lowest BCUT2D eigenvalue weighted by molar-refractivity contribution is 0.358. The Balaban J connectivity index is 1.70. The molecule has 1 fully saturated rings. The number of fused-ring (bicyclic) bond motifs is 1. The van der Waals surface area contributed by atoms with Gasteiger partial charge in [0.05, 0.1) is 11.0 Å². The summed E-state index contributed by atoms with van der Waals surface area (Å²) in [5, 5.41) is 3.50. The normalized spacial score (nSPS) is 20.0. The number of piperidine rings is 1. The second kappa shape index (κ2) is 5.33. The molecule has 1 N–H and O–H groups in total. The van der Waals surface area contributed by atoms with Gasteiger partial charge >= 0.3 is 0 Å². The highest BCUT2D eigenvalue weighted by Gasteiger charge is 2.13. The van der Waals surface area contributed by atoms with Gasteiger partial charge in [-0.1, -0.05) is 6.07 Å². The van der Waals surface area contributed by atoms with E-state index >= 15 is 0 Å². The first-order valence-corrected chi connectivity index (χ1v) is 7.37. The molecule has 2 heterocycles. The fourth-order valence-corrected chi connectivity index (χ4v) is 3.06. The molecule has 2 aromatic rings. The molecule has 1 aliphatic heterocycles. The average molecular weight is 257 g/mol. The molecule has 1 aromatic heterocycles. The zero-order valence-corrected chi connectivity index (χ0v) is 11.9. The molecule has 1 aliphatic rings. The number of nitrogens with one attached hydrogen (secondary N) is 1. The molecule has 1 unspecified atom stereocenters. The van der Waals surface area contributed by atoms with E-state index in [1.807, 2.05) is 0 Å². The molecule has 1 atom stereocenters. The van der Waals surface area contributed by atoms with Crippen LogP contribution >= 0.6 is 0 Å². The summed E-state index contributed by atoms with van der Waals surface area (Å²) in [5.41, 5.74) is 3.80. The van der Waals surface area contributed by atoms with E-state index in [1.54, 1.807) is 0 Å². The van der Waals surface area contributed by atoms with Crippen molar-refractivity contribution in [1.29, 1.82) is 0 Å². The Kier molecular flexibility index (Phi) is 3.56. The maximum atomic E-state index is 4.62. The van der Waals surface area contributed by atoms with Crippen LogP contribution in [0, 0.1) is 12.8 Å². The minimum Gasteiger partial charge on any atom is -0.331 e. The second-order valence-corrected chi connectivity index (χ2v) is 5.79. The van der Waals surface area contributed by atoms with Crippen molar-refractivity contribution in [3.63, 3.8) is 0 Å². The molecule has 0 aliphatic carbocycles. The number of hydrogen-bond donors (Lipinski definition) is 1. The molecule has 3 heteroatoms. The van der Waals surface area contributed by atoms with Gasteiger partial charge in [0, 0.05) is 7.05 Å². The van der Waals surface area contributed by atoms with Gasteiger partial charge in [0.15, 0.2) is 0 Å². The molecule has 0 spiro atoms. The summed E-state index contributed by atoms with van der Waals surface area (Å²) in [5.74, 6) is 1.94. The van der Waals surface area contributed by atoms with E-state index in [9.17, 15) is 0 Å². The largest absolute Gasteiger partial charge is 0.331 e. The van der Waals surface area contributed by atoms with Gasteiger partial charge in [-0.3, -0.25) is 0 Å². The first-order valence-electron chi connectivity index (χ1n) is 7.37. The second-order valence-electron chi connectivity index (χ2n) is 5.79. The van der Waals surface area contributed by atoms with Crippen molar-refractivity contribution in [3.05, 3.63) is 29.6 Å². The summed E-state index contributed by atoms with van der Waals surface area (Å²) in [4.78, 5) is 4.62. The van der Waals surface area contributed by atoms with Crippen LogP contribution in [0.15, 0.2) is 18.2 Å². The van der Waals surface area contributed by atoms with Gasteiger partial charge in [0.25, 0.3) is 0 Å². The van der Waals surface area contributed by atoms with Gasteiger partial charge in [0.2, 0.25) is 0 Å². The van der Waals surface area contributed by atoms with Gasteiger partial charge in [0.1, 0.15) is 5.82 Å². The van der Waals surface area contributed by atoms with Gasteiger partial charge in [-0.15, -0.1) is 0 Å². The topological polar surface area (TPSA) is 29.9 Å². The summed E-state index contributed by atoms with van der Waals surface area (Å²) in [6, 6.07) is 6.74. The van der Waals surface area contributed by atoms with Crippen molar-refractivity contribution in [1.82, 2.24) is 14.9 Å². The highest BCUT2D eigenvalue weighted by atomic mass is 15.0. The van der Waals surface area contributed by atoms with Crippen LogP contribution in [-0.4, -0.2) is 22.6 Å². The highest BCUT2D eigenvalue weighted by Crippen LogP contribution is 2.20. The number of aryl methyl sites for hydroxylation is 3. The zero-order chi connectivity index (χ0) is 13.2. The van der Waals surface area contributed by atoms with E-state index in [-0.39, 0.29) is 0 Å². The van der Waals surface area contributed by atoms with Gasteiger partial charge in [-0.2, -0.15) is 0 Å². The van der Waals surface area contributed by atoms with Crippen molar-refractivity contribution in [2.75, 3.05) is 13.1 Å². The molecule has 0 saturated carbocycles. The molecule has 1 aromatic carbocycles. The lowest BCUT2D eigenvalue weighted by Gasteiger charge is -2.22. The number of aromatic nitrogens is 2. The molecule has 3 rings (SSSR count). The quantitative estimate of drug-likeness (QED) is 0.916. The fraction of sp³-hybridized carbons (Fsp3) is 0.562. The van der Waals surface area contributed by atoms with Crippen LogP contribution in [0.1, 0.15) is 30.7 Å². The van der Waals surface area contributed by atoms with Crippen LogP contribution in [0.3, 0.4) is 0 Å². The van der Waals surface area contributed by atoms with E-state index < -0.39 is 0 Å². The minimum absolute atomic E-state index is 0.856. The lowest BCUT2D eigenvalue weighted by atomic mass is 9.93. The summed E-state index contributed by atoms with van der Waals surface area (Å²) in [6.45, 7) is 4.47. The lowest BCUT2D eigenvalue weighted by Crippen LogP contribution is -2.29. The Bertz CT molecular complexity index is 565. The molecular formula is C16H23N3. The van der Waals surface area contributed by atoms with Gasteiger partial charge in [-0.25, -0.2) is 4.98 Å². The monoisotopic (exact) mass is 257 g/mol. The van der Waals surface area contributed by atoms with Crippen LogP contribution < -0.4 is 5.32 Å². The smallest absolute Gasteiger partial charge is 0.106 e. The number of nitrogens with zero attached hydrogens (tertiary/aromatic N) is 2. The number of imidazole rings is 1. The van der Waals surface area contributed by atoms with Crippen molar-refractivity contribution < 1.29 is 0 Å². The summed E-state index contributed by atoms with van der Waals surface area (Å²) >= 11 is 0. The molecule has 3 nitrogen and oxygen atoms in total. The Morgan fingerprint density at radius 2 is 2.32 bits per heavy atom. The van der Waals surface area contributed by atoms with Crippen molar-refractivity contribution in [2.45, 2.75) is 32.6 Å². The van der Waals surface area contributed by atoms with Crippen molar-refractivity contribution in [3.8, 4) is 0 Å². The van der Waals surface area contributed by atoms with Crippen LogP contribution in [0.25, 0.3) is 11.0 Å². The zero-order valence-electron chi connectivity index (χ0n) is 11.9. The Hall–Kier alpha value is -1.35. The fourth-order valence-electron chi connectivity index (χ4n) is 3.06. The average Bonchev–Trinajstić information content (AvgIpc) is 2.73. The predicted octanol–water partition coefficient (Wildman–Crippen LogP) is 2.81. The molecule has 0 radical (unpaired) electrons. The minimum atomic E-state index is 0.856. The highest BCUT2D eigenvalue weighted by molar-refractivity contribution is 5.76. The standard InChI is InChI=1S/C16H23N3/c1-12-18-15-10-13(7-8-16(15)19(12)2)5-6-14-4-3-9-17-11-14/h7-8,10,14,17H,3-6,9,11H2,1-2H3. The summed E-state index contributed by atoms with van der Waals surface area (Å²) < 4.78 is 2.16. The van der Waals surface area contributed by atoms with Gasteiger partial charge in [-0.05, 0) is 69.3 Å².